The zero-order valence-electron chi connectivity index (χ0n) is 10.7. The maximum atomic E-state index is 10.9. The van der Waals surface area contributed by atoms with E-state index in [9.17, 15) is 4.79 Å². The van der Waals surface area contributed by atoms with Crippen molar-refractivity contribution in [3.63, 3.8) is 0 Å². The summed E-state index contributed by atoms with van der Waals surface area (Å²) in [6, 6.07) is 11.1. The molecular weight excluding hydrogens is 274 g/mol. The minimum absolute atomic E-state index is 0.118. The Morgan fingerprint density at radius 3 is 3.05 bits per heavy atom. The number of pyridine rings is 1. The van der Waals surface area contributed by atoms with Gasteiger partial charge in [-0.1, -0.05) is 18.2 Å². The molecule has 1 aromatic carbocycles. The van der Waals surface area contributed by atoms with E-state index in [0.717, 1.165) is 17.9 Å². The van der Waals surface area contributed by atoms with E-state index >= 15 is 0 Å². The van der Waals surface area contributed by atoms with Gasteiger partial charge in [0, 0.05) is 18.4 Å². The van der Waals surface area contributed by atoms with Crippen LogP contribution in [0.1, 0.15) is 15.9 Å². The van der Waals surface area contributed by atoms with E-state index in [0.29, 0.717) is 5.03 Å². The van der Waals surface area contributed by atoms with E-state index in [1.165, 1.54) is 29.6 Å². The van der Waals surface area contributed by atoms with Crippen molar-refractivity contribution in [3.05, 3.63) is 53.7 Å². The third-order valence-electron chi connectivity index (χ3n) is 3.11. The molecule has 1 aliphatic heterocycles. The molecule has 0 aliphatic carbocycles. The fourth-order valence-corrected chi connectivity index (χ4v) is 3.03. The van der Waals surface area contributed by atoms with Crippen LogP contribution in [0.4, 0.5) is 0 Å². The van der Waals surface area contributed by atoms with Crippen molar-refractivity contribution >= 4 is 17.7 Å². The van der Waals surface area contributed by atoms with E-state index in [1.807, 2.05) is 18.2 Å². The molecule has 5 heteroatoms. The lowest BCUT2D eigenvalue weighted by Crippen LogP contribution is -2.16. The fourth-order valence-electron chi connectivity index (χ4n) is 2.15. The van der Waals surface area contributed by atoms with Crippen LogP contribution in [0.5, 0.6) is 5.75 Å². The summed E-state index contributed by atoms with van der Waals surface area (Å²) in [6.45, 7) is 0. The summed E-state index contributed by atoms with van der Waals surface area (Å²) in [7, 11) is 0. The van der Waals surface area contributed by atoms with E-state index < -0.39 is 5.97 Å². The predicted molar refractivity (Wildman–Crippen MR) is 76.5 cm³/mol. The van der Waals surface area contributed by atoms with Gasteiger partial charge in [0.2, 0.25) is 0 Å². The summed E-state index contributed by atoms with van der Waals surface area (Å²) in [6.07, 6.45) is 2.53. The number of para-hydroxylation sites is 1. The molecule has 1 atom stereocenters. The first-order chi connectivity index (χ1) is 9.72. The van der Waals surface area contributed by atoms with Crippen molar-refractivity contribution in [1.29, 1.82) is 0 Å². The van der Waals surface area contributed by atoms with Crippen molar-refractivity contribution in [2.75, 3.05) is 5.75 Å². The van der Waals surface area contributed by atoms with Crippen LogP contribution in [-0.4, -0.2) is 27.9 Å². The van der Waals surface area contributed by atoms with Crippen LogP contribution in [0.25, 0.3) is 0 Å². The maximum Gasteiger partial charge on any atom is 0.335 e. The molecule has 0 spiro atoms. The Labute approximate surface area is 120 Å². The van der Waals surface area contributed by atoms with Gasteiger partial charge in [-0.2, -0.15) is 0 Å². The van der Waals surface area contributed by atoms with Crippen molar-refractivity contribution in [2.24, 2.45) is 0 Å². The lowest BCUT2D eigenvalue weighted by Gasteiger charge is -2.09. The number of hydrogen-bond donors (Lipinski definition) is 1. The summed E-state index contributed by atoms with van der Waals surface area (Å²) in [5, 5.41) is 9.66. The summed E-state index contributed by atoms with van der Waals surface area (Å²) >= 11 is 1.52. The summed E-state index contributed by atoms with van der Waals surface area (Å²) in [4.78, 5) is 15.1. The lowest BCUT2D eigenvalue weighted by atomic mass is 10.1. The number of nitrogens with zero attached hydrogens (tertiary/aromatic N) is 1. The molecule has 2 heterocycles. The van der Waals surface area contributed by atoms with Gasteiger partial charge in [-0.25, -0.2) is 9.78 Å². The normalized spacial score (nSPS) is 16.5. The van der Waals surface area contributed by atoms with Crippen LogP contribution < -0.4 is 4.74 Å². The van der Waals surface area contributed by atoms with E-state index in [-0.39, 0.29) is 11.7 Å². The van der Waals surface area contributed by atoms with Gasteiger partial charge in [0.1, 0.15) is 11.9 Å². The first-order valence-corrected chi connectivity index (χ1v) is 7.27. The van der Waals surface area contributed by atoms with Crippen molar-refractivity contribution in [1.82, 2.24) is 4.98 Å². The number of aromatic carboxylic acids is 1. The van der Waals surface area contributed by atoms with Crippen LogP contribution in [0.3, 0.4) is 0 Å². The van der Waals surface area contributed by atoms with Crippen molar-refractivity contribution < 1.29 is 14.6 Å². The van der Waals surface area contributed by atoms with Crippen LogP contribution in [0, 0.1) is 0 Å². The first-order valence-electron chi connectivity index (χ1n) is 6.29. The minimum Gasteiger partial charge on any atom is -0.489 e. The van der Waals surface area contributed by atoms with Gasteiger partial charge in [-0.05, 0) is 23.8 Å². The van der Waals surface area contributed by atoms with E-state index in [1.54, 1.807) is 6.07 Å². The average Bonchev–Trinajstić information content (AvgIpc) is 2.88. The molecule has 4 nitrogen and oxygen atoms in total. The summed E-state index contributed by atoms with van der Waals surface area (Å²) in [5.74, 6) is 0.772. The number of carboxylic acids is 1. The quantitative estimate of drug-likeness (QED) is 0.876. The Kier molecular flexibility index (Phi) is 3.60. The highest BCUT2D eigenvalue weighted by atomic mass is 32.2. The molecule has 3 rings (SSSR count). The van der Waals surface area contributed by atoms with Crippen molar-refractivity contribution in [3.8, 4) is 5.75 Å². The van der Waals surface area contributed by atoms with Crippen LogP contribution in [0.15, 0.2) is 47.6 Å². The lowest BCUT2D eigenvalue weighted by molar-refractivity contribution is 0.0696. The summed E-state index contributed by atoms with van der Waals surface area (Å²) in [5.41, 5.74) is 1.49. The van der Waals surface area contributed by atoms with Gasteiger partial charge in [0.15, 0.2) is 0 Å². The highest BCUT2D eigenvalue weighted by Gasteiger charge is 2.22. The standard InChI is InChI=1S/C15H13NO3S/c17-15(18)11-5-6-16-14(8-11)20-9-12-7-10-3-1-2-4-13(10)19-12/h1-6,8,12H,7,9H2,(H,17,18). The van der Waals surface area contributed by atoms with Gasteiger partial charge < -0.3 is 9.84 Å². The topological polar surface area (TPSA) is 59.4 Å². The zero-order chi connectivity index (χ0) is 13.9. The molecule has 102 valence electrons. The Bertz CT molecular complexity index is 620. The second-order valence-corrected chi connectivity index (χ2v) is 5.59. The Balaban J connectivity index is 1.61. The highest BCUT2D eigenvalue weighted by molar-refractivity contribution is 7.99. The monoisotopic (exact) mass is 287 g/mol. The third-order valence-corrected chi connectivity index (χ3v) is 4.17. The number of ether oxygens (including phenoxy) is 1. The number of carbonyl (C=O) groups is 1. The molecule has 2 aromatic rings. The number of fused-ring (bicyclic) bond motifs is 1. The number of thioether (sulfide) groups is 1. The molecule has 0 fully saturated rings. The fraction of sp³-hybridized carbons (Fsp3) is 0.200. The van der Waals surface area contributed by atoms with Gasteiger partial charge in [0.05, 0.1) is 10.6 Å². The molecule has 0 amide bonds. The van der Waals surface area contributed by atoms with Crippen LogP contribution in [0.2, 0.25) is 0 Å². The van der Waals surface area contributed by atoms with Gasteiger partial charge in [-0.3, -0.25) is 0 Å². The Hall–Kier alpha value is -2.01. The molecule has 0 saturated carbocycles. The molecule has 1 unspecified atom stereocenters. The van der Waals surface area contributed by atoms with Gasteiger partial charge >= 0.3 is 5.97 Å². The summed E-state index contributed by atoms with van der Waals surface area (Å²) < 4.78 is 5.84. The molecular formula is C15H13NO3S. The second kappa shape index (κ2) is 5.54. The molecule has 1 aliphatic rings. The molecule has 20 heavy (non-hydrogen) atoms. The average molecular weight is 287 g/mol. The second-order valence-electron chi connectivity index (χ2n) is 4.55. The number of rotatable bonds is 4. The molecule has 0 saturated heterocycles. The number of carboxylic acid groups (broad SMARTS) is 1. The van der Waals surface area contributed by atoms with Crippen LogP contribution in [-0.2, 0) is 6.42 Å². The predicted octanol–water partition coefficient (Wildman–Crippen LogP) is 2.88. The molecule has 1 aromatic heterocycles. The zero-order valence-corrected chi connectivity index (χ0v) is 11.5. The molecule has 1 N–H and O–H groups in total. The Morgan fingerprint density at radius 1 is 1.40 bits per heavy atom. The first kappa shape index (κ1) is 13.0. The van der Waals surface area contributed by atoms with Gasteiger partial charge in [-0.15, -0.1) is 11.8 Å². The van der Waals surface area contributed by atoms with E-state index in [2.05, 4.69) is 11.1 Å². The smallest absolute Gasteiger partial charge is 0.335 e. The third kappa shape index (κ3) is 2.77. The number of aromatic nitrogens is 1. The SMILES string of the molecule is O=C(O)c1ccnc(SCC2Cc3ccccc3O2)c1. The highest BCUT2D eigenvalue weighted by Crippen LogP contribution is 2.30. The van der Waals surface area contributed by atoms with E-state index in [4.69, 9.17) is 9.84 Å². The molecule has 0 bridgehead atoms. The Morgan fingerprint density at radius 2 is 2.25 bits per heavy atom. The van der Waals surface area contributed by atoms with Crippen molar-refractivity contribution in [2.45, 2.75) is 17.6 Å². The van der Waals surface area contributed by atoms with Gasteiger partial charge in [0.25, 0.3) is 0 Å². The minimum atomic E-state index is -0.932. The molecule has 0 radical (unpaired) electrons. The largest absolute Gasteiger partial charge is 0.489 e. The van der Waals surface area contributed by atoms with Crippen LogP contribution >= 0.6 is 11.8 Å². The maximum absolute atomic E-state index is 10.9. The number of benzene rings is 1. The number of hydrogen-bond acceptors (Lipinski definition) is 4.